The van der Waals surface area contributed by atoms with E-state index >= 15 is 0 Å². The summed E-state index contributed by atoms with van der Waals surface area (Å²) in [5.41, 5.74) is 0. The molecule has 5 nitrogen and oxygen atoms in total. The zero-order valence-corrected chi connectivity index (χ0v) is 8.43. The zero-order valence-electron chi connectivity index (χ0n) is 8.43. The summed E-state index contributed by atoms with van der Waals surface area (Å²) >= 11 is 0. The van der Waals surface area contributed by atoms with Crippen LogP contribution in [-0.4, -0.2) is 36.9 Å². The van der Waals surface area contributed by atoms with Crippen LogP contribution < -0.4 is 0 Å². The fraction of sp³-hybridized carbons (Fsp3) is 0.778. The molecule has 82 valence electrons. The van der Waals surface area contributed by atoms with Crippen molar-refractivity contribution < 1.29 is 24.2 Å². The summed E-state index contributed by atoms with van der Waals surface area (Å²) in [6.07, 6.45) is -0.698. The predicted molar refractivity (Wildman–Crippen MR) is 48.4 cm³/mol. The standard InChI is InChI=1S/C9H16O5/c1-3-13-8(11)5-7(6-10)9(12)14-4-2/h6-8,11H,3-5H2,1-2H3. The largest absolute Gasteiger partial charge is 0.465 e. The van der Waals surface area contributed by atoms with Crippen LogP contribution in [0.5, 0.6) is 0 Å². The van der Waals surface area contributed by atoms with Crippen LogP contribution in [0.15, 0.2) is 0 Å². The maximum absolute atomic E-state index is 11.1. The number of carbonyl (C=O) groups excluding carboxylic acids is 2. The molecule has 5 heteroatoms. The number of aliphatic hydroxyl groups is 1. The summed E-state index contributed by atoms with van der Waals surface area (Å²) < 4.78 is 9.43. The first-order valence-corrected chi connectivity index (χ1v) is 4.57. The van der Waals surface area contributed by atoms with Crippen LogP contribution in [0, 0.1) is 5.92 Å². The zero-order chi connectivity index (χ0) is 11.0. The molecule has 0 radical (unpaired) electrons. The quantitative estimate of drug-likeness (QED) is 0.276. The van der Waals surface area contributed by atoms with Crippen molar-refractivity contribution in [3.8, 4) is 0 Å². The van der Waals surface area contributed by atoms with Gasteiger partial charge in [-0.1, -0.05) is 0 Å². The van der Waals surface area contributed by atoms with Gasteiger partial charge >= 0.3 is 5.97 Å². The fourth-order valence-corrected chi connectivity index (χ4v) is 0.934. The normalized spacial score (nSPS) is 14.5. The Bertz CT molecular complexity index is 180. The van der Waals surface area contributed by atoms with E-state index in [2.05, 4.69) is 4.74 Å². The van der Waals surface area contributed by atoms with Crippen molar-refractivity contribution in [1.82, 2.24) is 0 Å². The van der Waals surface area contributed by atoms with Crippen LogP contribution in [0.3, 0.4) is 0 Å². The summed E-state index contributed by atoms with van der Waals surface area (Å²) in [5, 5.41) is 9.18. The second kappa shape index (κ2) is 7.46. The smallest absolute Gasteiger partial charge is 0.316 e. The van der Waals surface area contributed by atoms with Crippen molar-refractivity contribution in [3.05, 3.63) is 0 Å². The summed E-state index contributed by atoms with van der Waals surface area (Å²) in [7, 11) is 0. The third-order valence-corrected chi connectivity index (χ3v) is 1.57. The molecule has 0 amide bonds. The highest BCUT2D eigenvalue weighted by atomic mass is 16.6. The molecular formula is C9H16O5. The monoisotopic (exact) mass is 204 g/mol. The van der Waals surface area contributed by atoms with Gasteiger partial charge in [0.2, 0.25) is 0 Å². The molecule has 2 unspecified atom stereocenters. The minimum atomic E-state index is -1.10. The van der Waals surface area contributed by atoms with Crippen molar-refractivity contribution in [3.63, 3.8) is 0 Å². The maximum atomic E-state index is 11.1. The molecule has 0 aromatic carbocycles. The fourth-order valence-electron chi connectivity index (χ4n) is 0.934. The third kappa shape index (κ3) is 4.94. The first-order valence-electron chi connectivity index (χ1n) is 4.57. The highest BCUT2D eigenvalue weighted by molar-refractivity contribution is 5.87. The highest BCUT2D eigenvalue weighted by Crippen LogP contribution is 2.07. The van der Waals surface area contributed by atoms with E-state index in [0.717, 1.165) is 0 Å². The molecule has 0 aromatic heterocycles. The van der Waals surface area contributed by atoms with Gasteiger partial charge in [0.15, 0.2) is 6.29 Å². The van der Waals surface area contributed by atoms with Gasteiger partial charge in [-0.15, -0.1) is 0 Å². The number of rotatable bonds is 7. The summed E-state index contributed by atoms with van der Waals surface area (Å²) in [4.78, 5) is 21.6. The number of hydrogen-bond donors (Lipinski definition) is 1. The van der Waals surface area contributed by atoms with Gasteiger partial charge in [0.25, 0.3) is 0 Å². The average Bonchev–Trinajstić information content (AvgIpc) is 2.15. The number of esters is 1. The molecule has 0 fully saturated rings. The molecule has 2 atom stereocenters. The molecular weight excluding hydrogens is 188 g/mol. The molecule has 0 aliphatic rings. The Hall–Kier alpha value is -0.940. The molecule has 0 aliphatic heterocycles. The Kier molecular flexibility index (Phi) is 6.96. The van der Waals surface area contributed by atoms with E-state index in [4.69, 9.17) is 4.74 Å². The number of ether oxygens (including phenoxy) is 2. The Morgan fingerprint density at radius 2 is 2.07 bits per heavy atom. The summed E-state index contributed by atoms with van der Waals surface area (Å²) in [6.45, 7) is 3.91. The van der Waals surface area contributed by atoms with E-state index in [1.807, 2.05) is 0 Å². The minimum Gasteiger partial charge on any atom is -0.465 e. The van der Waals surface area contributed by atoms with Gasteiger partial charge < -0.3 is 19.4 Å². The molecule has 0 aromatic rings. The average molecular weight is 204 g/mol. The molecule has 0 rings (SSSR count). The van der Waals surface area contributed by atoms with Gasteiger partial charge in [0.05, 0.1) is 6.61 Å². The lowest BCUT2D eigenvalue weighted by Gasteiger charge is -2.14. The summed E-state index contributed by atoms with van der Waals surface area (Å²) in [5.74, 6) is -1.57. The molecule has 0 spiro atoms. The Labute approximate surface area is 83.0 Å². The third-order valence-electron chi connectivity index (χ3n) is 1.57. The van der Waals surface area contributed by atoms with Gasteiger partial charge in [0.1, 0.15) is 12.2 Å². The Balaban J connectivity index is 4.00. The number of hydrogen-bond acceptors (Lipinski definition) is 5. The van der Waals surface area contributed by atoms with Gasteiger partial charge in [-0.05, 0) is 13.8 Å². The van der Waals surface area contributed by atoms with Gasteiger partial charge in [-0.2, -0.15) is 0 Å². The van der Waals surface area contributed by atoms with Crippen LogP contribution in [0.1, 0.15) is 20.3 Å². The van der Waals surface area contributed by atoms with Crippen molar-refractivity contribution in [2.75, 3.05) is 13.2 Å². The molecule has 14 heavy (non-hydrogen) atoms. The van der Waals surface area contributed by atoms with Gasteiger partial charge in [-0.3, -0.25) is 4.79 Å². The van der Waals surface area contributed by atoms with Crippen molar-refractivity contribution in [2.45, 2.75) is 26.6 Å². The van der Waals surface area contributed by atoms with Crippen molar-refractivity contribution in [2.24, 2.45) is 5.92 Å². The van der Waals surface area contributed by atoms with Crippen LogP contribution in [0.25, 0.3) is 0 Å². The van der Waals surface area contributed by atoms with E-state index in [1.165, 1.54) is 0 Å². The lowest BCUT2D eigenvalue weighted by molar-refractivity contribution is -0.156. The van der Waals surface area contributed by atoms with E-state index in [9.17, 15) is 14.7 Å². The van der Waals surface area contributed by atoms with Crippen LogP contribution in [0.4, 0.5) is 0 Å². The Morgan fingerprint density at radius 1 is 1.43 bits per heavy atom. The second-order valence-electron chi connectivity index (χ2n) is 2.64. The van der Waals surface area contributed by atoms with Crippen LogP contribution >= 0.6 is 0 Å². The van der Waals surface area contributed by atoms with Crippen molar-refractivity contribution >= 4 is 12.3 Å². The van der Waals surface area contributed by atoms with Crippen molar-refractivity contribution in [1.29, 1.82) is 0 Å². The highest BCUT2D eigenvalue weighted by Gasteiger charge is 2.22. The number of aliphatic hydroxyl groups excluding tert-OH is 1. The second-order valence-corrected chi connectivity index (χ2v) is 2.64. The van der Waals surface area contributed by atoms with E-state index in [0.29, 0.717) is 12.9 Å². The van der Waals surface area contributed by atoms with Crippen LogP contribution in [-0.2, 0) is 19.1 Å². The SMILES string of the molecule is CCOC(=O)C(C=O)CC(O)OCC. The lowest BCUT2D eigenvalue weighted by Crippen LogP contribution is -2.25. The van der Waals surface area contributed by atoms with E-state index < -0.39 is 18.2 Å². The molecule has 0 aliphatic carbocycles. The van der Waals surface area contributed by atoms with Gasteiger partial charge in [-0.25, -0.2) is 0 Å². The maximum Gasteiger partial charge on any atom is 0.316 e. The van der Waals surface area contributed by atoms with Crippen LogP contribution in [0.2, 0.25) is 0 Å². The lowest BCUT2D eigenvalue weighted by atomic mass is 10.1. The van der Waals surface area contributed by atoms with Gasteiger partial charge in [0, 0.05) is 13.0 Å². The number of carbonyl (C=O) groups is 2. The molecule has 0 saturated carbocycles. The topological polar surface area (TPSA) is 72.8 Å². The Morgan fingerprint density at radius 3 is 2.50 bits per heavy atom. The molecule has 1 N–H and O–H groups in total. The predicted octanol–water partition coefficient (Wildman–Crippen LogP) is 0.110. The van der Waals surface area contributed by atoms with E-state index in [-0.39, 0.29) is 13.0 Å². The molecule has 0 saturated heterocycles. The summed E-state index contributed by atoms with van der Waals surface area (Å²) in [6, 6.07) is 0. The molecule has 0 heterocycles. The number of aldehydes is 1. The minimum absolute atomic E-state index is 0.0594. The van der Waals surface area contributed by atoms with E-state index in [1.54, 1.807) is 13.8 Å². The first kappa shape index (κ1) is 13.1. The first-order chi connectivity index (χ1) is 6.65. The molecule has 0 bridgehead atoms.